The first kappa shape index (κ1) is 8.96. The minimum absolute atomic E-state index is 0.439. The molecule has 0 aliphatic carbocycles. The highest BCUT2D eigenvalue weighted by molar-refractivity contribution is 7.10. The van der Waals surface area contributed by atoms with Crippen LogP contribution < -0.4 is 10.5 Å². The van der Waals surface area contributed by atoms with Gasteiger partial charge in [0.05, 0.1) is 6.20 Å². The van der Waals surface area contributed by atoms with Gasteiger partial charge in [-0.25, -0.2) is 0 Å². The monoisotopic (exact) mass is 207 g/mol. The molecular formula is C9H9N3OS. The Morgan fingerprint density at radius 1 is 1.43 bits per heavy atom. The van der Waals surface area contributed by atoms with Crippen LogP contribution in [-0.4, -0.2) is 9.36 Å². The van der Waals surface area contributed by atoms with Crippen molar-refractivity contribution in [3.63, 3.8) is 0 Å². The highest BCUT2D eigenvalue weighted by Gasteiger charge is 2.02. The minimum Gasteiger partial charge on any atom is -0.487 e. The van der Waals surface area contributed by atoms with E-state index in [4.69, 9.17) is 10.5 Å². The molecule has 0 aliphatic rings. The highest BCUT2D eigenvalue weighted by Crippen LogP contribution is 2.18. The second kappa shape index (κ2) is 4.06. The van der Waals surface area contributed by atoms with Crippen molar-refractivity contribution in [3.8, 4) is 5.75 Å². The van der Waals surface area contributed by atoms with E-state index in [-0.39, 0.29) is 0 Å². The molecule has 0 saturated carbocycles. The zero-order valence-corrected chi connectivity index (χ0v) is 8.20. The van der Waals surface area contributed by atoms with Gasteiger partial charge in [-0.2, -0.15) is 4.37 Å². The molecule has 14 heavy (non-hydrogen) atoms. The topological polar surface area (TPSA) is 61.0 Å². The van der Waals surface area contributed by atoms with E-state index in [0.29, 0.717) is 11.6 Å². The van der Waals surface area contributed by atoms with Gasteiger partial charge in [0.2, 0.25) is 0 Å². The average Bonchev–Trinajstić information content (AvgIpc) is 2.63. The van der Waals surface area contributed by atoms with E-state index >= 15 is 0 Å². The molecule has 2 heterocycles. The Morgan fingerprint density at radius 3 is 3.00 bits per heavy atom. The second-order valence-electron chi connectivity index (χ2n) is 2.69. The maximum Gasteiger partial charge on any atom is 0.138 e. The number of pyridine rings is 1. The van der Waals surface area contributed by atoms with Crippen molar-refractivity contribution in [2.24, 2.45) is 0 Å². The summed E-state index contributed by atoms with van der Waals surface area (Å²) < 4.78 is 9.41. The van der Waals surface area contributed by atoms with Crippen molar-refractivity contribution in [2.45, 2.75) is 6.61 Å². The van der Waals surface area contributed by atoms with Gasteiger partial charge < -0.3 is 10.5 Å². The van der Waals surface area contributed by atoms with Crippen LogP contribution in [0.4, 0.5) is 5.00 Å². The van der Waals surface area contributed by atoms with Crippen LogP contribution in [0.3, 0.4) is 0 Å². The van der Waals surface area contributed by atoms with Crippen molar-refractivity contribution in [3.05, 3.63) is 36.3 Å². The maximum absolute atomic E-state index is 5.67. The molecule has 0 fully saturated rings. The number of aromatic nitrogens is 2. The molecule has 2 N–H and O–H groups in total. The van der Waals surface area contributed by atoms with Crippen molar-refractivity contribution in [2.75, 3.05) is 5.73 Å². The fraction of sp³-hybridized carbons (Fsp3) is 0.111. The van der Waals surface area contributed by atoms with Gasteiger partial charge in [0.1, 0.15) is 17.4 Å². The molecule has 4 nitrogen and oxygen atoms in total. The summed E-state index contributed by atoms with van der Waals surface area (Å²) in [6.07, 6.45) is 5.08. The molecule has 0 aliphatic heterocycles. The van der Waals surface area contributed by atoms with Crippen LogP contribution in [0.15, 0.2) is 30.7 Å². The molecule has 72 valence electrons. The number of rotatable bonds is 3. The summed E-state index contributed by atoms with van der Waals surface area (Å²) in [7, 11) is 0. The lowest BCUT2D eigenvalue weighted by molar-refractivity contribution is 0.306. The number of nitrogens with zero attached hydrogens (tertiary/aromatic N) is 2. The third kappa shape index (κ3) is 2.00. The number of nitrogen functional groups attached to an aromatic ring is 1. The lowest BCUT2D eigenvalue weighted by Crippen LogP contribution is -1.96. The molecule has 0 unspecified atom stereocenters. The van der Waals surface area contributed by atoms with Crippen molar-refractivity contribution in [1.29, 1.82) is 0 Å². The molecule has 0 atom stereocenters. The predicted molar refractivity (Wildman–Crippen MR) is 55.1 cm³/mol. The molecule has 0 bridgehead atoms. The lowest BCUT2D eigenvalue weighted by Gasteiger charge is -2.03. The number of hydrogen-bond acceptors (Lipinski definition) is 5. The Balaban J connectivity index is 1.99. The van der Waals surface area contributed by atoms with E-state index < -0.39 is 0 Å². The molecule has 0 aromatic carbocycles. The third-order valence-electron chi connectivity index (χ3n) is 1.70. The van der Waals surface area contributed by atoms with Crippen LogP contribution in [0.2, 0.25) is 0 Å². The minimum atomic E-state index is 0.439. The fourth-order valence-corrected chi connectivity index (χ4v) is 1.49. The lowest BCUT2D eigenvalue weighted by atomic mass is 10.4. The van der Waals surface area contributed by atoms with Gasteiger partial charge >= 0.3 is 0 Å². The Labute approximate surface area is 85.5 Å². The van der Waals surface area contributed by atoms with Crippen LogP contribution in [0.5, 0.6) is 5.75 Å². The molecule has 0 amide bonds. The van der Waals surface area contributed by atoms with Crippen LogP contribution in [-0.2, 0) is 6.61 Å². The van der Waals surface area contributed by atoms with Gasteiger partial charge in [-0.15, -0.1) is 0 Å². The molecule has 0 radical (unpaired) electrons. The number of anilines is 1. The molecule has 2 aromatic rings. The van der Waals surface area contributed by atoms with Gasteiger partial charge in [-0.05, 0) is 23.7 Å². The predicted octanol–water partition coefficient (Wildman–Crippen LogP) is 1.70. The molecule has 2 rings (SSSR count). The summed E-state index contributed by atoms with van der Waals surface area (Å²) in [5.41, 5.74) is 6.58. The largest absolute Gasteiger partial charge is 0.487 e. The summed E-state index contributed by atoms with van der Waals surface area (Å²) in [5, 5.41) is 0.703. The SMILES string of the molecule is Nc1sncc1COc1cccnc1. The Hall–Kier alpha value is -1.62. The van der Waals surface area contributed by atoms with E-state index in [1.165, 1.54) is 11.5 Å². The smallest absolute Gasteiger partial charge is 0.138 e. The van der Waals surface area contributed by atoms with Gasteiger partial charge in [-0.3, -0.25) is 4.98 Å². The third-order valence-corrected chi connectivity index (χ3v) is 2.37. The van der Waals surface area contributed by atoms with Gasteiger partial charge in [-0.1, -0.05) is 0 Å². The van der Waals surface area contributed by atoms with Crippen LogP contribution in [0, 0.1) is 0 Å². The van der Waals surface area contributed by atoms with E-state index in [9.17, 15) is 0 Å². The molecule has 5 heteroatoms. The Bertz CT molecular complexity index is 401. The first-order valence-corrected chi connectivity index (χ1v) is 4.85. The molecule has 2 aromatic heterocycles. The maximum atomic E-state index is 5.67. The second-order valence-corrected chi connectivity index (χ2v) is 3.53. The summed E-state index contributed by atoms with van der Waals surface area (Å²) in [4.78, 5) is 3.94. The Morgan fingerprint density at radius 2 is 2.36 bits per heavy atom. The molecular weight excluding hydrogens is 198 g/mol. The van der Waals surface area contributed by atoms with E-state index in [1.54, 1.807) is 18.6 Å². The van der Waals surface area contributed by atoms with Crippen molar-refractivity contribution in [1.82, 2.24) is 9.36 Å². The zero-order valence-electron chi connectivity index (χ0n) is 7.38. The average molecular weight is 207 g/mol. The summed E-state index contributed by atoms with van der Waals surface area (Å²) in [6, 6.07) is 3.67. The van der Waals surface area contributed by atoms with E-state index in [2.05, 4.69) is 9.36 Å². The number of hydrogen-bond donors (Lipinski definition) is 1. The number of ether oxygens (including phenoxy) is 1. The van der Waals surface area contributed by atoms with E-state index in [0.717, 1.165) is 11.3 Å². The molecule has 0 saturated heterocycles. The first-order valence-electron chi connectivity index (χ1n) is 4.08. The highest BCUT2D eigenvalue weighted by atomic mass is 32.1. The summed E-state index contributed by atoms with van der Waals surface area (Å²) in [6.45, 7) is 0.439. The van der Waals surface area contributed by atoms with Crippen LogP contribution in [0.1, 0.15) is 5.56 Å². The van der Waals surface area contributed by atoms with Gasteiger partial charge in [0.15, 0.2) is 0 Å². The summed E-state index contributed by atoms with van der Waals surface area (Å²) in [5.74, 6) is 0.734. The van der Waals surface area contributed by atoms with Crippen molar-refractivity contribution >= 4 is 16.5 Å². The fourth-order valence-electron chi connectivity index (χ4n) is 0.971. The summed E-state index contributed by atoms with van der Waals surface area (Å²) >= 11 is 1.27. The van der Waals surface area contributed by atoms with Crippen molar-refractivity contribution < 1.29 is 4.74 Å². The van der Waals surface area contributed by atoms with E-state index in [1.807, 2.05) is 12.1 Å². The molecule has 0 spiro atoms. The zero-order chi connectivity index (χ0) is 9.80. The number of nitrogens with two attached hydrogens (primary N) is 1. The van der Waals surface area contributed by atoms with Gasteiger partial charge in [0.25, 0.3) is 0 Å². The normalized spacial score (nSPS) is 10.0. The quantitative estimate of drug-likeness (QED) is 0.832. The standard InChI is InChI=1S/C9H9N3OS/c10-9-7(4-12-14-9)6-13-8-2-1-3-11-5-8/h1-5H,6,10H2. The van der Waals surface area contributed by atoms with Crippen LogP contribution >= 0.6 is 11.5 Å². The Kier molecular flexibility index (Phi) is 2.60. The van der Waals surface area contributed by atoms with Crippen LogP contribution in [0.25, 0.3) is 0 Å². The van der Waals surface area contributed by atoms with Gasteiger partial charge in [0, 0.05) is 18.0 Å². The first-order chi connectivity index (χ1) is 6.86.